The zero-order valence-corrected chi connectivity index (χ0v) is 14.2. The number of hydrogen-bond donors (Lipinski definition) is 0. The molecule has 1 aromatic carbocycles. The quantitative estimate of drug-likeness (QED) is 0.739. The Hall–Kier alpha value is -0.0600. The zero-order chi connectivity index (χ0) is 13.1. The first-order valence-corrected chi connectivity index (χ1v) is 8.29. The molecule has 0 atom stereocenters. The normalized spacial score (nSPS) is 17.5. The summed E-state index contributed by atoms with van der Waals surface area (Å²) in [6.45, 7) is 2.31. The molecule has 18 heavy (non-hydrogen) atoms. The van der Waals surface area contributed by atoms with Crippen LogP contribution < -0.4 is 4.90 Å². The van der Waals surface area contributed by atoms with Gasteiger partial charge in [0.25, 0.3) is 0 Å². The van der Waals surface area contributed by atoms with Crippen LogP contribution >= 0.6 is 31.9 Å². The lowest BCUT2D eigenvalue weighted by atomic mass is 10.0. The van der Waals surface area contributed by atoms with E-state index in [2.05, 4.69) is 74.0 Å². The molecule has 0 unspecified atom stereocenters. The SMILES string of the molecule is CN(C)C1CCN(c2ccc(Br)cc2CBr)CC1. The fourth-order valence-corrected chi connectivity index (χ4v) is 3.45. The molecular weight excluding hydrogens is 356 g/mol. The number of nitrogens with zero attached hydrogens (tertiary/aromatic N) is 2. The van der Waals surface area contributed by atoms with E-state index in [0.717, 1.165) is 28.9 Å². The Labute approximate surface area is 127 Å². The van der Waals surface area contributed by atoms with E-state index in [0.29, 0.717) is 0 Å². The summed E-state index contributed by atoms with van der Waals surface area (Å²) in [5.41, 5.74) is 2.75. The summed E-state index contributed by atoms with van der Waals surface area (Å²) in [6, 6.07) is 7.32. The topological polar surface area (TPSA) is 6.48 Å². The molecule has 1 heterocycles. The van der Waals surface area contributed by atoms with Crippen molar-refractivity contribution in [3.63, 3.8) is 0 Å². The number of alkyl halides is 1. The molecule has 0 radical (unpaired) electrons. The van der Waals surface area contributed by atoms with Crippen LogP contribution in [0.5, 0.6) is 0 Å². The van der Waals surface area contributed by atoms with Crippen molar-refractivity contribution in [2.45, 2.75) is 24.2 Å². The Morgan fingerprint density at radius 3 is 2.50 bits per heavy atom. The molecule has 0 bridgehead atoms. The summed E-state index contributed by atoms with van der Waals surface area (Å²) < 4.78 is 1.16. The Morgan fingerprint density at radius 2 is 1.94 bits per heavy atom. The van der Waals surface area contributed by atoms with Crippen LogP contribution in [-0.2, 0) is 5.33 Å². The molecule has 100 valence electrons. The first-order valence-electron chi connectivity index (χ1n) is 6.37. The molecule has 4 heteroatoms. The van der Waals surface area contributed by atoms with Crippen LogP contribution in [0.3, 0.4) is 0 Å². The van der Waals surface area contributed by atoms with Crippen LogP contribution in [0.1, 0.15) is 18.4 Å². The highest BCUT2D eigenvalue weighted by Gasteiger charge is 2.21. The Morgan fingerprint density at radius 1 is 1.28 bits per heavy atom. The lowest BCUT2D eigenvalue weighted by Crippen LogP contribution is -2.42. The lowest BCUT2D eigenvalue weighted by molar-refractivity contribution is 0.249. The van der Waals surface area contributed by atoms with Crippen LogP contribution in [0.15, 0.2) is 22.7 Å². The zero-order valence-electron chi connectivity index (χ0n) is 11.0. The van der Waals surface area contributed by atoms with Crippen molar-refractivity contribution in [1.82, 2.24) is 4.90 Å². The average molecular weight is 376 g/mol. The lowest BCUT2D eigenvalue weighted by Gasteiger charge is -2.37. The van der Waals surface area contributed by atoms with Gasteiger partial charge >= 0.3 is 0 Å². The molecule has 0 N–H and O–H groups in total. The number of rotatable bonds is 3. The van der Waals surface area contributed by atoms with Gasteiger partial charge in [0.1, 0.15) is 0 Å². The predicted octanol–water partition coefficient (Wildman–Crippen LogP) is 3.87. The molecule has 1 saturated heterocycles. The fourth-order valence-electron chi connectivity index (χ4n) is 2.59. The summed E-state index contributed by atoms with van der Waals surface area (Å²) in [5, 5.41) is 0.912. The first-order chi connectivity index (χ1) is 8.61. The van der Waals surface area contributed by atoms with Gasteiger partial charge in [0.15, 0.2) is 0 Å². The number of halogens is 2. The second-order valence-electron chi connectivity index (χ2n) is 5.09. The van der Waals surface area contributed by atoms with E-state index in [1.165, 1.54) is 24.1 Å². The molecule has 2 nitrogen and oxygen atoms in total. The molecule has 0 spiro atoms. The molecule has 1 fully saturated rings. The summed E-state index contributed by atoms with van der Waals surface area (Å²) in [7, 11) is 4.37. The minimum Gasteiger partial charge on any atom is -0.371 e. The standard InChI is InChI=1S/C14H20Br2N2/c1-17(2)13-5-7-18(8-6-13)14-4-3-12(16)9-11(14)10-15/h3-4,9,13H,5-8,10H2,1-2H3. The second kappa shape index (κ2) is 6.40. The molecular formula is C14H20Br2N2. The van der Waals surface area contributed by atoms with E-state index in [-0.39, 0.29) is 0 Å². The average Bonchev–Trinajstić information content (AvgIpc) is 2.38. The van der Waals surface area contributed by atoms with E-state index in [4.69, 9.17) is 0 Å². The Bertz CT molecular complexity index is 399. The van der Waals surface area contributed by atoms with Gasteiger partial charge in [-0.1, -0.05) is 31.9 Å². The Balaban J connectivity index is 2.09. The van der Waals surface area contributed by atoms with Crippen molar-refractivity contribution in [1.29, 1.82) is 0 Å². The smallest absolute Gasteiger partial charge is 0.0408 e. The third-order valence-corrected chi connectivity index (χ3v) is 4.82. The van der Waals surface area contributed by atoms with Crippen LogP contribution in [0.4, 0.5) is 5.69 Å². The number of benzene rings is 1. The maximum Gasteiger partial charge on any atom is 0.0408 e. The van der Waals surface area contributed by atoms with Crippen molar-refractivity contribution in [3.05, 3.63) is 28.2 Å². The van der Waals surface area contributed by atoms with Gasteiger partial charge in [0.2, 0.25) is 0 Å². The van der Waals surface area contributed by atoms with E-state index >= 15 is 0 Å². The Kier molecular flexibility index (Phi) is 5.10. The molecule has 1 aromatic rings. The second-order valence-corrected chi connectivity index (χ2v) is 6.56. The summed E-state index contributed by atoms with van der Waals surface area (Å²) in [6.07, 6.45) is 2.51. The van der Waals surface area contributed by atoms with Crippen LogP contribution in [0, 0.1) is 0 Å². The molecule has 1 aliphatic rings. The van der Waals surface area contributed by atoms with Crippen molar-refractivity contribution in [3.8, 4) is 0 Å². The van der Waals surface area contributed by atoms with Gasteiger partial charge in [-0.2, -0.15) is 0 Å². The van der Waals surface area contributed by atoms with Crippen molar-refractivity contribution in [2.24, 2.45) is 0 Å². The van der Waals surface area contributed by atoms with Crippen LogP contribution in [0.2, 0.25) is 0 Å². The van der Waals surface area contributed by atoms with Gasteiger partial charge in [-0.15, -0.1) is 0 Å². The van der Waals surface area contributed by atoms with E-state index < -0.39 is 0 Å². The minimum atomic E-state index is 0.740. The van der Waals surface area contributed by atoms with Crippen molar-refractivity contribution < 1.29 is 0 Å². The number of piperidine rings is 1. The molecule has 0 amide bonds. The van der Waals surface area contributed by atoms with E-state index in [1.54, 1.807) is 0 Å². The molecule has 0 aliphatic carbocycles. The summed E-state index contributed by atoms with van der Waals surface area (Å²) in [5.74, 6) is 0. The van der Waals surface area contributed by atoms with Gasteiger partial charge in [-0.25, -0.2) is 0 Å². The highest BCUT2D eigenvalue weighted by atomic mass is 79.9. The largest absolute Gasteiger partial charge is 0.371 e. The third kappa shape index (κ3) is 3.28. The maximum atomic E-state index is 3.59. The predicted molar refractivity (Wildman–Crippen MR) is 85.7 cm³/mol. The molecule has 1 aliphatic heterocycles. The van der Waals surface area contributed by atoms with Gasteiger partial charge < -0.3 is 9.80 Å². The van der Waals surface area contributed by atoms with E-state index in [9.17, 15) is 0 Å². The van der Waals surface area contributed by atoms with Crippen LogP contribution in [-0.4, -0.2) is 38.1 Å². The van der Waals surface area contributed by atoms with Crippen molar-refractivity contribution >= 4 is 37.5 Å². The molecule has 0 saturated carbocycles. The third-order valence-electron chi connectivity index (χ3n) is 3.72. The molecule has 0 aromatic heterocycles. The summed E-state index contributed by atoms with van der Waals surface area (Å²) >= 11 is 7.13. The van der Waals surface area contributed by atoms with Gasteiger partial charge in [0, 0.05) is 34.6 Å². The highest BCUT2D eigenvalue weighted by molar-refractivity contribution is 9.10. The van der Waals surface area contributed by atoms with Gasteiger partial charge in [-0.3, -0.25) is 0 Å². The highest BCUT2D eigenvalue weighted by Crippen LogP contribution is 2.29. The van der Waals surface area contributed by atoms with Gasteiger partial charge in [-0.05, 0) is 50.7 Å². The van der Waals surface area contributed by atoms with E-state index in [1.807, 2.05) is 0 Å². The minimum absolute atomic E-state index is 0.740. The summed E-state index contributed by atoms with van der Waals surface area (Å²) in [4.78, 5) is 4.87. The monoisotopic (exact) mass is 374 g/mol. The van der Waals surface area contributed by atoms with Crippen LogP contribution in [0.25, 0.3) is 0 Å². The first kappa shape index (κ1) is 14.4. The van der Waals surface area contributed by atoms with Crippen molar-refractivity contribution in [2.75, 3.05) is 32.1 Å². The molecule has 2 rings (SSSR count). The van der Waals surface area contributed by atoms with Gasteiger partial charge in [0.05, 0.1) is 0 Å². The maximum absolute atomic E-state index is 3.59. The fraction of sp³-hybridized carbons (Fsp3) is 0.571. The number of anilines is 1. The number of hydrogen-bond acceptors (Lipinski definition) is 2.